The van der Waals surface area contributed by atoms with Crippen LogP contribution in [0.3, 0.4) is 0 Å². The lowest BCUT2D eigenvalue weighted by atomic mass is 9.89. The quantitative estimate of drug-likeness (QED) is 0.0363. The second-order valence-electron chi connectivity index (χ2n) is 38.7. The Morgan fingerprint density at radius 2 is 0.301 bits per heavy atom. The Morgan fingerprint density at radius 1 is 0.123 bits per heavy atom. The van der Waals surface area contributed by atoms with Gasteiger partial charge < -0.3 is 299 Å². The van der Waals surface area contributed by atoms with Gasteiger partial charge in [-0.25, -0.2) is 0 Å². The van der Waals surface area contributed by atoms with E-state index in [0.717, 1.165) is 0 Å². The fourth-order valence-corrected chi connectivity index (χ4v) is 18.8. The van der Waals surface area contributed by atoms with E-state index in [0.29, 0.717) is 0 Å². The number of aliphatic hydroxyl groups excluding tert-OH is 39. The fourth-order valence-electron chi connectivity index (χ4n) is 18.8. The first-order valence-electron chi connectivity index (χ1n) is 48.2. The molecular weight excluding hydrogens is 1990 g/mol. The van der Waals surface area contributed by atoms with Crippen LogP contribution >= 0.6 is 0 Å². The molecule has 860 valence electrons. The van der Waals surface area contributed by atoms with Crippen LogP contribution in [0.15, 0.2) is 0 Å². The highest BCUT2D eigenvalue weighted by molar-refractivity contribution is 5.04. The first kappa shape index (κ1) is 127. The first-order valence-corrected chi connectivity index (χ1v) is 48.2. The van der Waals surface area contributed by atoms with E-state index in [4.69, 9.17) is 110 Å². The summed E-state index contributed by atoms with van der Waals surface area (Å²) in [6.07, 6.45) is -83.9. The standard InChI is InChI=1S/C26H46O18.C20H36O13.C19H34O15.C13H24O10.C8H16O4/c1-7-13(30)16(33)10(4-27)40-24(7)43-22-17(34)11(5-28)41-26(42-21-12(6-29)38-8(2)15(32)19(21)36)23(22)44-25-20(37)18(35)14(31)9(3)39-25;1-6-11(23)13(25)9(4-21)31-19(6)33-18-14(26)10(5-22)29-8(3)17(18)32-20-16(28)15(27)12(24)7(2)30-20;1-5-9(23)12(26)16(7(3-21)30-5)33-19-15(29)13(27)17(8(4-22)32-19)34-18-14(28)11(25)10(24)6(2-20)31-18;1-4-7(16)10(19)12(6(3-15)21-4)23-13-11(20)9(18)8(17)5(2-14)22-13;1-4-5(2)12-6(3-9)8(11)7(4)10/h7-37H,4-6H2,1-3H3;6-28H,4-5H2,1-3H3;5-29H,2-4H2,1H3;4-20H,2-3H2,1H3;4-11H,3H2,1-2H3/t7?,8?,9?,10?,11?,12?,13-,14-,15?,16+,17+,18+,19-,20?,21-,22+,23?,24-,25+,26+;6?,7?,8?,9?,10?,11-,12-,13+,14+,15+,16?,17?,18+,19-,20+;5?,6?,7?,8?,9?,10-,11-,12+,13+,14?,15?,16+,17-,18+,19-;4-,5?,6?,7?,8-,9-,10+,11?,12-,13+;4?,5-,6?,7-,8+/m11001/s1. The van der Waals surface area contributed by atoms with E-state index in [1.54, 1.807) is 13.8 Å². The van der Waals surface area contributed by atoms with Gasteiger partial charge in [0.05, 0.1) is 134 Å². The molecule has 0 aliphatic carbocycles. The van der Waals surface area contributed by atoms with E-state index in [9.17, 15) is 189 Å². The number of hydrogen-bond donors (Lipinski definition) is 39. The van der Waals surface area contributed by atoms with Crippen LogP contribution in [0.2, 0.25) is 0 Å². The number of aliphatic hydroxyl groups is 39. The summed E-state index contributed by atoms with van der Waals surface area (Å²) < 4.78 is 117. The van der Waals surface area contributed by atoms with Gasteiger partial charge in [-0.05, 0) is 48.5 Å². The van der Waals surface area contributed by atoms with Gasteiger partial charge in [-0.15, -0.1) is 0 Å². The van der Waals surface area contributed by atoms with Crippen LogP contribution in [-0.2, 0) is 99.5 Å². The van der Waals surface area contributed by atoms with Crippen molar-refractivity contribution in [1.29, 1.82) is 0 Å². The van der Waals surface area contributed by atoms with Gasteiger partial charge in [0.2, 0.25) is 0 Å². The molecule has 13 aliphatic heterocycles. The summed E-state index contributed by atoms with van der Waals surface area (Å²) in [7, 11) is 0. The van der Waals surface area contributed by atoms with Crippen LogP contribution in [0, 0.1) is 17.8 Å². The molecule has 13 saturated heterocycles. The average Bonchev–Trinajstić information content (AvgIpc) is 0.722. The minimum Gasteiger partial charge on any atom is -0.394 e. The van der Waals surface area contributed by atoms with Crippen LogP contribution in [0.5, 0.6) is 0 Å². The predicted molar refractivity (Wildman–Crippen MR) is 465 cm³/mol. The molecule has 0 amide bonds. The van der Waals surface area contributed by atoms with E-state index in [2.05, 4.69) is 0 Å². The summed E-state index contributed by atoms with van der Waals surface area (Å²) >= 11 is 0. The molecule has 0 aromatic heterocycles. The van der Waals surface area contributed by atoms with Gasteiger partial charge >= 0.3 is 0 Å². The Bertz CT molecular complexity index is 3680. The van der Waals surface area contributed by atoms with E-state index in [1.807, 2.05) is 13.8 Å². The topological polar surface area (TPSA) is 983 Å². The Morgan fingerprint density at radius 3 is 0.623 bits per heavy atom. The van der Waals surface area contributed by atoms with Crippen LogP contribution in [0.25, 0.3) is 0 Å². The largest absolute Gasteiger partial charge is 0.394 e. The van der Waals surface area contributed by atoms with Gasteiger partial charge in [0.1, 0.15) is 269 Å². The molecule has 13 rings (SSSR count). The van der Waals surface area contributed by atoms with Crippen molar-refractivity contribution in [3.63, 3.8) is 0 Å². The minimum atomic E-state index is -1.85. The maximum absolute atomic E-state index is 11.2. The number of hydrogen-bond acceptors (Lipinski definition) is 60. The molecule has 13 fully saturated rings. The van der Waals surface area contributed by atoms with Crippen molar-refractivity contribution in [2.75, 3.05) is 72.7 Å². The van der Waals surface area contributed by atoms with Crippen LogP contribution in [-0.4, -0.2) is 652 Å². The van der Waals surface area contributed by atoms with E-state index in [-0.39, 0.29) is 18.6 Å². The zero-order valence-electron chi connectivity index (χ0n) is 81.3. The lowest BCUT2D eigenvalue weighted by Gasteiger charge is -2.50. The highest BCUT2D eigenvalue weighted by atomic mass is 16.8. The summed E-state index contributed by atoms with van der Waals surface area (Å²) in [5.74, 6) is -1.81. The molecule has 0 aromatic carbocycles. The average molecular weight is 2150 g/mol. The molecule has 146 heavy (non-hydrogen) atoms. The minimum absolute atomic E-state index is 0.0946. The van der Waals surface area contributed by atoms with Crippen LogP contribution in [0.1, 0.15) is 69.2 Å². The van der Waals surface area contributed by atoms with E-state index >= 15 is 0 Å². The molecule has 39 N–H and O–H groups in total. The Kier molecular flexibility index (Phi) is 49.3. The maximum atomic E-state index is 11.2. The highest BCUT2D eigenvalue weighted by Gasteiger charge is 2.61. The van der Waals surface area contributed by atoms with Crippen molar-refractivity contribution in [2.24, 2.45) is 17.8 Å². The highest BCUT2D eigenvalue weighted by Crippen LogP contribution is 2.42. The van der Waals surface area contributed by atoms with Gasteiger partial charge in [0.25, 0.3) is 0 Å². The van der Waals surface area contributed by atoms with E-state index < -0.39 is 452 Å². The van der Waals surface area contributed by atoms with Crippen molar-refractivity contribution in [2.45, 2.75) is 449 Å². The molecule has 60 heteroatoms. The molecule has 60 nitrogen and oxygen atoms in total. The molecule has 13 heterocycles. The summed E-state index contributed by atoms with van der Waals surface area (Å²) in [6, 6.07) is 0. The molecule has 0 bridgehead atoms. The second kappa shape index (κ2) is 56.7. The summed E-state index contributed by atoms with van der Waals surface area (Å²) in [5, 5.41) is 390. The number of rotatable bonds is 27. The summed E-state index contributed by atoms with van der Waals surface area (Å²) in [5.41, 5.74) is 0. The number of ether oxygens (including phenoxy) is 21. The molecule has 0 spiro atoms. The molecule has 0 aromatic rings. The van der Waals surface area contributed by atoms with Crippen LogP contribution in [0.4, 0.5) is 0 Å². The molecule has 0 radical (unpaired) electrons. The zero-order valence-corrected chi connectivity index (χ0v) is 81.3. The predicted octanol–water partition coefficient (Wildman–Crippen LogP) is -22.3. The molecule has 0 saturated carbocycles. The SMILES string of the molecule is CC1OC(CO)[C@@H](O[C@@H]2OC(CO)[C@H](O)[C@H](O[C@H]3OC(CO)[C@H](O)[C@H](O)C3C)C2O[C@@H]2OC(C)[C@@H](O)[C@H](O)C2O)[C@H](O)C1O.CC1OC(CO)[C@@H](O[C@@H]2OC(CO)[C@H](O[C@H]3OC(CO)[C@H](O)[C@H](O)C3O)[C@H](O)C2O)[C@H](O)C1O.CC1OC(CO)[C@H](O)[C@H](O[C@H]2OC(CO)[C@H](O)[C@H](O)C2C)C1O[C@@H]1OC(C)[C@@H](O)[C@H](O)C1O.CC1[C@@H](O)[C@@H](O)C(CO)O[C@@H]1C.C[C@@H]1OC(CO)[C@H](O[C@H]2OC(CO)[C@H](O)[C@H](O)C2O)[C@H](O)C1O. The zero-order chi connectivity index (χ0) is 109. The van der Waals surface area contributed by atoms with Gasteiger partial charge in [-0.1, -0.05) is 20.8 Å². The van der Waals surface area contributed by atoms with Gasteiger partial charge in [-0.3, -0.25) is 0 Å². The Labute approximate surface area is 835 Å². The van der Waals surface area contributed by atoms with Crippen molar-refractivity contribution in [1.82, 2.24) is 0 Å². The first-order chi connectivity index (χ1) is 68.7. The smallest absolute Gasteiger partial charge is 0.187 e. The lowest BCUT2D eigenvalue weighted by molar-refractivity contribution is -0.399. The summed E-state index contributed by atoms with van der Waals surface area (Å²) in [4.78, 5) is 0. The van der Waals surface area contributed by atoms with Gasteiger partial charge in [-0.2, -0.15) is 0 Å². The van der Waals surface area contributed by atoms with Gasteiger partial charge in [0, 0.05) is 17.8 Å². The molecule has 29 unspecified atom stereocenters. The normalized spacial score (nSPS) is 52.8. The van der Waals surface area contributed by atoms with Crippen molar-refractivity contribution < 1.29 is 299 Å². The van der Waals surface area contributed by atoms with Gasteiger partial charge in [0.15, 0.2) is 50.3 Å². The maximum Gasteiger partial charge on any atom is 0.187 e. The second-order valence-corrected chi connectivity index (χ2v) is 38.7. The van der Waals surface area contributed by atoms with E-state index in [1.165, 1.54) is 41.5 Å². The summed E-state index contributed by atoms with van der Waals surface area (Å²) in [6.45, 7) is 8.79. The van der Waals surface area contributed by atoms with Crippen molar-refractivity contribution in [3.8, 4) is 0 Å². The Hall–Kier alpha value is -2.40. The third-order valence-corrected chi connectivity index (χ3v) is 28.6. The van der Waals surface area contributed by atoms with Crippen molar-refractivity contribution >= 4 is 0 Å². The fraction of sp³-hybridized carbons (Fsp3) is 1.00. The lowest BCUT2D eigenvalue weighted by Crippen LogP contribution is -2.68. The van der Waals surface area contributed by atoms with Crippen LogP contribution < -0.4 is 0 Å². The monoisotopic (exact) mass is 2150 g/mol. The Balaban J connectivity index is 0.000000212. The third kappa shape index (κ3) is 28.8. The third-order valence-electron chi connectivity index (χ3n) is 28.6. The van der Waals surface area contributed by atoms with Crippen molar-refractivity contribution in [3.05, 3.63) is 0 Å². The molecule has 65 atom stereocenters. The molecular formula is C86H156O60. The molecule has 13 aliphatic rings.